The molecule has 2 radical (unpaired) electrons. The zero-order valence-electron chi connectivity index (χ0n) is 24.1. The Labute approximate surface area is 278 Å². The van der Waals surface area contributed by atoms with Gasteiger partial charge in [0.25, 0.3) is 0 Å². The predicted octanol–water partition coefficient (Wildman–Crippen LogP) is -10.0. The number of hydrogen-bond donors (Lipinski definition) is 2. The SMILES string of the molecule is CN(C)C=O.CN(C)C=O.CO.CO.C[O-].C[O-].C[O-].C[O-].C[O-].C[O-].C[O-].C[O-].[Mo].[Mo].[Ni+3].[Ni+3].[O-2].[O-2].[O-2].[O-2]. The van der Waals surface area contributed by atoms with Gasteiger partial charge in [0, 0.05) is 84.5 Å². The fourth-order valence-corrected chi connectivity index (χ4v) is 0. The summed E-state index contributed by atoms with van der Waals surface area (Å²) in [5.74, 6) is 0. The van der Waals surface area contributed by atoms with Crippen molar-refractivity contribution in [3.63, 3.8) is 0 Å². The number of hydrogen-bond acceptors (Lipinski definition) is 12. The Bertz CT molecular complexity index is 131. The second kappa shape index (κ2) is 667. The largest absolute Gasteiger partial charge is 3.00 e. The van der Waals surface area contributed by atoms with Crippen molar-refractivity contribution in [1.82, 2.24) is 9.80 Å². The van der Waals surface area contributed by atoms with Crippen molar-refractivity contribution in [2.24, 2.45) is 0 Å². The number of nitrogens with zero attached hydrogens (tertiary/aromatic N) is 2. The molecule has 0 fully saturated rings. The van der Waals surface area contributed by atoms with Crippen molar-refractivity contribution >= 4 is 12.8 Å². The van der Waals surface area contributed by atoms with Crippen LogP contribution in [0.1, 0.15) is 0 Å². The molecule has 2 N–H and O–H groups in total. The van der Waals surface area contributed by atoms with Gasteiger partial charge >= 0.3 is 33.0 Å². The zero-order valence-corrected chi connectivity index (χ0v) is 30.1. The smallest absolute Gasteiger partial charge is 2.00 e. The molecule has 0 spiro atoms. The zero-order chi connectivity index (χ0) is 28.6. The Kier molecular flexibility index (Phi) is 2760. The molecule has 258 valence electrons. The van der Waals surface area contributed by atoms with Crippen LogP contribution in [0.3, 0.4) is 0 Å². The summed E-state index contributed by atoms with van der Waals surface area (Å²) in [5, 5.41) is 80.0. The minimum Gasteiger partial charge on any atom is -2.00 e. The van der Waals surface area contributed by atoms with E-state index in [4.69, 9.17) is 51.1 Å². The van der Waals surface area contributed by atoms with Crippen LogP contribution in [0, 0.1) is 0 Å². The summed E-state index contributed by atoms with van der Waals surface area (Å²) in [7, 11) is 14.8. The fraction of sp³-hybridized carbons (Fsp3) is 0.875. The maximum Gasteiger partial charge on any atom is 3.00 e. The predicted molar refractivity (Wildman–Crippen MR) is 106 cm³/mol. The standard InChI is InChI=1S/2C3H7NO.2CH4O.8CH3O.2Mo.2Ni.4O/c2*1-4(2)3-5;10*1-2;;;;;;;;/h2*3H,1-2H3;2*2H,1H3;8*1H3;;;;;;;;/q;;;;8*-1;;;2*+3;4*-2. The molecule has 18 nitrogen and oxygen atoms in total. The van der Waals surface area contributed by atoms with E-state index in [0.29, 0.717) is 0 Å². The summed E-state index contributed by atoms with van der Waals surface area (Å²) in [6.45, 7) is 0. The molecule has 0 heterocycles. The maximum absolute atomic E-state index is 9.43. The molecule has 0 aromatic heterocycles. The number of aliphatic hydroxyl groups is 2. The average molecular weight is 832 g/mol. The van der Waals surface area contributed by atoms with Crippen LogP contribution in [0.2, 0.25) is 0 Å². The summed E-state index contributed by atoms with van der Waals surface area (Å²) in [5.41, 5.74) is 0. The van der Waals surface area contributed by atoms with Crippen molar-refractivity contribution < 1.29 is 158 Å². The van der Waals surface area contributed by atoms with Crippen molar-refractivity contribution in [1.29, 1.82) is 0 Å². The molecular weight excluding hydrogens is 785 g/mol. The van der Waals surface area contributed by atoms with Gasteiger partial charge in [-0.25, -0.2) is 0 Å². The maximum atomic E-state index is 9.43. The Balaban J connectivity index is -0.00000000520. The molecule has 0 saturated carbocycles. The van der Waals surface area contributed by atoms with Gasteiger partial charge in [0.15, 0.2) is 0 Å². The van der Waals surface area contributed by atoms with Crippen LogP contribution < -0.4 is 40.9 Å². The van der Waals surface area contributed by atoms with Gasteiger partial charge in [0.2, 0.25) is 12.8 Å². The summed E-state index contributed by atoms with van der Waals surface area (Å²) in [4.78, 5) is 21.8. The normalized spacial score (nSPS) is 3.37. The molecule has 0 rings (SSSR count). The van der Waals surface area contributed by atoms with Gasteiger partial charge in [-0.1, -0.05) is 0 Å². The van der Waals surface area contributed by atoms with Gasteiger partial charge < -0.3 is 82.8 Å². The van der Waals surface area contributed by atoms with Crippen LogP contribution >= 0.6 is 0 Å². The van der Waals surface area contributed by atoms with Crippen molar-refractivity contribution in [3.8, 4) is 0 Å². The van der Waals surface area contributed by atoms with Crippen molar-refractivity contribution in [2.45, 2.75) is 0 Å². The van der Waals surface area contributed by atoms with Crippen LogP contribution in [0.15, 0.2) is 0 Å². The van der Waals surface area contributed by atoms with E-state index in [1.807, 2.05) is 0 Å². The van der Waals surface area contributed by atoms with E-state index < -0.39 is 0 Å². The van der Waals surface area contributed by atoms with Crippen molar-refractivity contribution in [3.05, 3.63) is 0 Å². The monoisotopic (exact) mass is 834 g/mol. The minimum atomic E-state index is 0. The van der Waals surface area contributed by atoms with Gasteiger partial charge in [-0.15, -0.1) is 0 Å². The van der Waals surface area contributed by atoms with Crippen LogP contribution in [-0.4, -0.2) is 132 Å². The van der Waals surface area contributed by atoms with Crippen molar-refractivity contribution in [2.75, 3.05) is 99.3 Å². The minimum absolute atomic E-state index is 0. The van der Waals surface area contributed by atoms with E-state index >= 15 is 0 Å². The van der Waals surface area contributed by atoms with Gasteiger partial charge in [-0.05, 0) is 0 Å². The number of amides is 2. The van der Waals surface area contributed by atoms with Gasteiger partial charge in [0.1, 0.15) is 0 Å². The first-order chi connectivity index (χ1) is 14.5. The Morgan fingerprint density at radius 1 is 0.395 bits per heavy atom. The number of carbonyl (C=O) groups is 2. The summed E-state index contributed by atoms with van der Waals surface area (Å²) in [6, 6.07) is 0. The van der Waals surface area contributed by atoms with Gasteiger partial charge in [0.05, 0.1) is 0 Å². The molecule has 0 aromatic rings. The quantitative estimate of drug-likeness (QED) is 0.194. The Hall–Kier alpha value is 0.744. The first-order valence-corrected chi connectivity index (χ1v) is 6.94. The van der Waals surface area contributed by atoms with E-state index in [0.717, 1.165) is 83.9 Å². The Morgan fingerprint density at radius 3 is 0.421 bits per heavy atom. The fourth-order valence-electron chi connectivity index (χ4n) is 0. The first kappa shape index (κ1) is 157. The third kappa shape index (κ3) is 2090. The van der Waals surface area contributed by atoms with Crippen LogP contribution in [-0.2, 0) is 107 Å². The van der Waals surface area contributed by atoms with E-state index in [2.05, 4.69) is 0 Å². The molecule has 0 aliphatic heterocycles. The van der Waals surface area contributed by atoms with E-state index in [1.54, 1.807) is 28.2 Å². The molecule has 0 aliphatic rings. The molecule has 0 aliphatic carbocycles. The number of carbonyl (C=O) groups excluding carboxylic acids is 2. The van der Waals surface area contributed by atoms with E-state index in [1.165, 1.54) is 9.80 Å². The second-order valence-electron chi connectivity index (χ2n) is 2.14. The molecule has 0 aromatic carbocycles. The summed E-state index contributed by atoms with van der Waals surface area (Å²) >= 11 is 0. The molecule has 0 saturated heterocycles. The molecule has 38 heavy (non-hydrogen) atoms. The van der Waals surface area contributed by atoms with Gasteiger partial charge in [-0.2, -0.15) is 56.9 Å². The number of rotatable bonds is 2. The van der Waals surface area contributed by atoms with E-state index in [-0.39, 0.29) is 97.0 Å². The van der Waals surface area contributed by atoms with Gasteiger partial charge in [-0.3, -0.25) is 9.59 Å². The van der Waals surface area contributed by atoms with Crippen LogP contribution in [0.25, 0.3) is 0 Å². The third-order valence-electron chi connectivity index (χ3n) is 0.422. The summed E-state index contributed by atoms with van der Waals surface area (Å²) < 4.78 is 0. The number of aliphatic hydroxyl groups excluding tert-OH is 2. The van der Waals surface area contributed by atoms with Crippen LogP contribution in [0.5, 0.6) is 0 Å². The average Bonchev–Trinajstić information content (AvgIpc) is 2.91. The molecular formula is C16H46Mo2N2Ni2O16-10. The van der Waals surface area contributed by atoms with E-state index in [9.17, 15) is 9.59 Å². The molecule has 2 amide bonds. The van der Waals surface area contributed by atoms with Crippen LogP contribution in [0.4, 0.5) is 0 Å². The Morgan fingerprint density at radius 2 is 0.421 bits per heavy atom. The molecule has 0 unspecified atom stereocenters. The summed E-state index contributed by atoms with van der Waals surface area (Å²) in [6.07, 6.45) is 1.50. The molecule has 22 heteroatoms. The topological polar surface area (TPSA) is 380 Å². The molecule has 0 atom stereocenters. The third-order valence-corrected chi connectivity index (χ3v) is 0.422. The first-order valence-electron chi connectivity index (χ1n) is 6.94. The second-order valence-corrected chi connectivity index (χ2v) is 2.14. The molecule has 0 bridgehead atoms.